The third kappa shape index (κ3) is 2.37. The van der Waals surface area contributed by atoms with Gasteiger partial charge in [-0.1, -0.05) is 0 Å². The molecule has 1 saturated carbocycles. The summed E-state index contributed by atoms with van der Waals surface area (Å²) in [5.74, 6) is 1.15. The highest BCUT2D eigenvalue weighted by atomic mass is 16.5. The number of aliphatic hydroxyl groups is 1. The molecule has 100 valence electrons. The standard InChI is InChI=1S/C13H19NO4/c1-17-9-5-8(15)6-10(18-2)11(9)12(14)13(16)7-3-4-7/h5-7,12-13,15-16H,3-4,14H2,1-2H3/t12-,13+/m0/s1. The van der Waals surface area contributed by atoms with Gasteiger partial charge in [-0.25, -0.2) is 0 Å². The highest BCUT2D eigenvalue weighted by Gasteiger charge is 2.36. The largest absolute Gasteiger partial charge is 0.508 e. The maximum Gasteiger partial charge on any atom is 0.131 e. The second kappa shape index (κ2) is 5.04. The normalized spacial score (nSPS) is 18.2. The smallest absolute Gasteiger partial charge is 0.131 e. The van der Waals surface area contributed by atoms with E-state index in [1.807, 2.05) is 0 Å². The molecule has 18 heavy (non-hydrogen) atoms. The molecule has 1 aliphatic rings. The van der Waals surface area contributed by atoms with Crippen LogP contribution in [0, 0.1) is 5.92 Å². The van der Waals surface area contributed by atoms with Crippen LogP contribution >= 0.6 is 0 Å². The second-order valence-corrected chi connectivity index (χ2v) is 4.62. The van der Waals surface area contributed by atoms with Gasteiger partial charge in [-0.15, -0.1) is 0 Å². The quantitative estimate of drug-likeness (QED) is 0.733. The number of rotatable bonds is 5. The number of methoxy groups -OCH3 is 2. The van der Waals surface area contributed by atoms with Crippen LogP contribution in [-0.2, 0) is 0 Å². The van der Waals surface area contributed by atoms with E-state index < -0.39 is 12.1 Å². The highest BCUT2D eigenvalue weighted by molar-refractivity contribution is 5.52. The van der Waals surface area contributed by atoms with E-state index in [0.29, 0.717) is 17.1 Å². The van der Waals surface area contributed by atoms with Gasteiger partial charge in [-0.3, -0.25) is 0 Å². The zero-order chi connectivity index (χ0) is 13.3. The Morgan fingerprint density at radius 1 is 1.22 bits per heavy atom. The predicted molar refractivity (Wildman–Crippen MR) is 66.9 cm³/mol. The number of ether oxygens (including phenoxy) is 2. The number of nitrogens with two attached hydrogens (primary N) is 1. The molecule has 0 saturated heterocycles. The Hall–Kier alpha value is -1.46. The van der Waals surface area contributed by atoms with Gasteiger partial charge in [-0.2, -0.15) is 0 Å². The molecule has 0 heterocycles. The molecular weight excluding hydrogens is 234 g/mol. The third-order valence-electron chi connectivity index (χ3n) is 3.33. The lowest BCUT2D eigenvalue weighted by Crippen LogP contribution is -2.28. The van der Waals surface area contributed by atoms with E-state index in [2.05, 4.69) is 0 Å². The highest BCUT2D eigenvalue weighted by Crippen LogP contribution is 2.43. The summed E-state index contributed by atoms with van der Waals surface area (Å²) in [6.07, 6.45) is 1.38. The molecule has 2 atom stereocenters. The van der Waals surface area contributed by atoms with Crippen molar-refractivity contribution in [3.8, 4) is 17.2 Å². The van der Waals surface area contributed by atoms with Crippen molar-refractivity contribution in [2.75, 3.05) is 14.2 Å². The van der Waals surface area contributed by atoms with E-state index in [1.165, 1.54) is 26.4 Å². The molecule has 1 aliphatic carbocycles. The lowest BCUT2D eigenvalue weighted by atomic mass is 9.97. The van der Waals surface area contributed by atoms with Crippen molar-refractivity contribution in [3.63, 3.8) is 0 Å². The van der Waals surface area contributed by atoms with Crippen LogP contribution < -0.4 is 15.2 Å². The molecule has 5 heteroatoms. The third-order valence-corrected chi connectivity index (χ3v) is 3.33. The van der Waals surface area contributed by atoms with Gasteiger partial charge in [-0.05, 0) is 18.8 Å². The predicted octanol–water partition coefficient (Wildman–Crippen LogP) is 1.18. The summed E-state index contributed by atoms with van der Waals surface area (Å²) in [5, 5.41) is 19.7. The number of hydrogen-bond acceptors (Lipinski definition) is 5. The number of aromatic hydroxyl groups is 1. The molecular formula is C13H19NO4. The number of hydrogen-bond donors (Lipinski definition) is 3. The van der Waals surface area contributed by atoms with Crippen LogP contribution in [0.2, 0.25) is 0 Å². The molecule has 0 spiro atoms. The molecule has 0 amide bonds. The van der Waals surface area contributed by atoms with Crippen LogP contribution in [0.15, 0.2) is 12.1 Å². The molecule has 0 bridgehead atoms. The van der Waals surface area contributed by atoms with Crippen molar-refractivity contribution >= 4 is 0 Å². The van der Waals surface area contributed by atoms with E-state index in [4.69, 9.17) is 15.2 Å². The number of benzene rings is 1. The van der Waals surface area contributed by atoms with Crippen LogP contribution in [0.5, 0.6) is 17.2 Å². The van der Waals surface area contributed by atoms with Crippen molar-refractivity contribution < 1.29 is 19.7 Å². The summed E-state index contributed by atoms with van der Waals surface area (Å²) < 4.78 is 10.4. The zero-order valence-corrected chi connectivity index (χ0v) is 10.6. The summed E-state index contributed by atoms with van der Waals surface area (Å²) in [5.41, 5.74) is 6.69. The van der Waals surface area contributed by atoms with Gasteiger partial charge in [0.1, 0.15) is 17.2 Å². The van der Waals surface area contributed by atoms with Gasteiger partial charge in [0, 0.05) is 12.1 Å². The van der Waals surface area contributed by atoms with E-state index in [9.17, 15) is 10.2 Å². The Morgan fingerprint density at radius 2 is 1.72 bits per heavy atom. The molecule has 1 aromatic rings. The van der Waals surface area contributed by atoms with E-state index in [-0.39, 0.29) is 11.7 Å². The number of aliphatic hydroxyl groups excluding tert-OH is 1. The molecule has 0 radical (unpaired) electrons. The Morgan fingerprint density at radius 3 is 2.11 bits per heavy atom. The Bertz CT molecular complexity index is 406. The summed E-state index contributed by atoms with van der Waals surface area (Å²) in [7, 11) is 2.99. The number of phenols is 1. The van der Waals surface area contributed by atoms with E-state index in [1.54, 1.807) is 0 Å². The summed E-state index contributed by atoms with van der Waals surface area (Å²) in [6, 6.07) is 2.36. The molecule has 0 aromatic heterocycles. The van der Waals surface area contributed by atoms with Gasteiger partial charge in [0.15, 0.2) is 0 Å². The second-order valence-electron chi connectivity index (χ2n) is 4.62. The maximum atomic E-state index is 10.1. The van der Waals surface area contributed by atoms with Gasteiger partial charge in [0.05, 0.1) is 31.9 Å². The van der Waals surface area contributed by atoms with Crippen molar-refractivity contribution in [3.05, 3.63) is 17.7 Å². The van der Waals surface area contributed by atoms with Gasteiger partial charge >= 0.3 is 0 Å². The van der Waals surface area contributed by atoms with Crippen molar-refractivity contribution in [1.82, 2.24) is 0 Å². The van der Waals surface area contributed by atoms with Crippen molar-refractivity contribution in [1.29, 1.82) is 0 Å². The van der Waals surface area contributed by atoms with Crippen LogP contribution in [0.4, 0.5) is 0 Å². The molecule has 4 N–H and O–H groups in total. The first-order valence-corrected chi connectivity index (χ1v) is 5.97. The topological polar surface area (TPSA) is 84.9 Å². The molecule has 5 nitrogen and oxygen atoms in total. The first kappa shape index (κ1) is 13.0. The van der Waals surface area contributed by atoms with Gasteiger partial charge in [0.2, 0.25) is 0 Å². The van der Waals surface area contributed by atoms with Gasteiger partial charge in [0.25, 0.3) is 0 Å². The lowest BCUT2D eigenvalue weighted by molar-refractivity contribution is 0.120. The Kier molecular flexibility index (Phi) is 3.63. The van der Waals surface area contributed by atoms with Crippen LogP contribution in [0.1, 0.15) is 24.4 Å². The SMILES string of the molecule is COc1cc(O)cc(OC)c1[C@H](N)[C@H](O)C1CC1. The monoisotopic (exact) mass is 253 g/mol. The minimum Gasteiger partial charge on any atom is -0.508 e. The fraction of sp³-hybridized carbons (Fsp3) is 0.538. The van der Waals surface area contributed by atoms with Crippen molar-refractivity contribution in [2.45, 2.75) is 25.0 Å². The van der Waals surface area contributed by atoms with Crippen LogP contribution in [0.25, 0.3) is 0 Å². The molecule has 1 fully saturated rings. The molecule has 2 rings (SSSR count). The Balaban J connectivity index is 2.39. The van der Waals surface area contributed by atoms with Gasteiger partial charge < -0.3 is 25.4 Å². The average Bonchev–Trinajstić information content (AvgIpc) is 3.20. The van der Waals surface area contributed by atoms with Crippen LogP contribution in [-0.4, -0.2) is 30.5 Å². The number of phenolic OH excluding ortho intramolecular Hbond substituents is 1. The first-order chi connectivity index (χ1) is 8.58. The summed E-state index contributed by atoms with van der Waals surface area (Å²) >= 11 is 0. The Labute approximate surface area is 106 Å². The summed E-state index contributed by atoms with van der Waals surface area (Å²) in [6.45, 7) is 0. The minimum atomic E-state index is -0.614. The molecule has 1 aromatic carbocycles. The zero-order valence-electron chi connectivity index (χ0n) is 10.6. The van der Waals surface area contributed by atoms with E-state index >= 15 is 0 Å². The first-order valence-electron chi connectivity index (χ1n) is 5.97. The fourth-order valence-corrected chi connectivity index (χ4v) is 2.16. The van der Waals surface area contributed by atoms with E-state index in [0.717, 1.165) is 12.8 Å². The molecule has 0 aliphatic heterocycles. The fourth-order valence-electron chi connectivity index (χ4n) is 2.16. The minimum absolute atomic E-state index is 0.0422. The van der Waals surface area contributed by atoms with Crippen LogP contribution in [0.3, 0.4) is 0 Å². The summed E-state index contributed by atoms with van der Waals surface area (Å²) in [4.78, 5) is 0. The van der Waals surface area contributed by atoms with Crippen molar-refractivity contribution in [2.24, 2.45) is 11.7 Å². The molecule has 0 unspecified atom stereocenters. The average molecular weight is 253 g/mol. The lowest BCUT2D eigenvalue weighted by Gasteiger charge is -2.23. The maximum absolute atomic E-state index is 10.1.